The molecule has 0 aliphatic carbocycles. The van der Waals surface area contributed by atoms with E-state index in [4.69, 9.17) is 11.6 Å². The van der Waals surface area contributed by atoms with E-state index in [-0.39, 0.29) is 29.5 Å². The molecule has 1 aromatic rings. The maximum absolute atomic E-state index is 12.2. The average Bonchev–Trinajstić information content (AvgIpc) is 2.94. The van der Waals surface area contributed by atoms with Crippen molar-refractivity contribution in [1.82, 2.24) is 15.1 Å². The van der Waals surface area contributed by atoms with Crippen LogP contribution in [0.5, 0.6) is 0 Å². The third-order valence-corrected chi connectivity index (χ3v) is 3.53. The third kappa shape index (κ3) is 2.17. The van der Waals surface area contributed by atoms with Gasteiger partial charge in [0.15, 0.2) is 5.69 Å². The summed E-state index contributed by atoms with van der Waals surface area (Å²) in [5, 5.41) is 16.4. The molecule has 1 aromatic heterocycles. The predicted octanol–water partition coefficient (Wildman–Crippen LogP) is 1.55. The zero-order chi connectivity index (χ0) is 13.3. The molecule has 0 aromatic carbocycles. The number of rotatable bonds is 3. The number of nitro groups is 1. The molecule has 0 bridgehead atoms. The van der Waals surface area contributed by atoms with Gasteiger partial charge in [-0.25, -0.2) is 0 Å². The third-order valence-electron chi connectivity index (χ3n) is 3.18. The van der Waals surface area contributed by atoms with Gasteiger partial charge in [0.25, 0.3) is 5.91 Å². The van der Waals surface area contributed by atoms with E-state index in [0.717, 1.165) is 18.9 Å². The van der Waals surface area contributed by atoms with Gasteiger partial charge >= 0.3 is 5.82 Å². The van der Waals surface area contributed by atoms with Crippen LogP contribution in [0.25, 0.3) is 0 Å². The minimum Gasteiger partial charge on any atom is -0.358 e. The van der Waals surface area contributed by atoms with Crippen LogP contribution in [0.2, 0.25) is 0 Å². The molecule has 1 fully saturated rings. The van der Waals surface area contributed by atoms with Crippen LogP contribution in [-0.4, -0.2) is 43.9 Å². The lowest BCUT2D eigenvalue weighted by Gasteiger charge is -2.26. The summed E-state index contributed by atoms with van der Waals surface area (Å²) in [7, 11) is 0. The zero-order valence-corrected chi connectivity index (χ0v) is 10.6. The Bertz CT molecular complexity index is 475. The van der Waals surface area contributed by atoms with Gasteiger partial charge in [-0.15, -0.1) is 16.7 Å². The first kappa shape index (κ1) is 12.8. The lowest BCUT2D eigenvalue weighted by molar-refractivity contribution is -0.389. The Kier molecular flexibility index (Phi) is 3.51. The number of alkyl halides is 1. The van der Waals surface area contributed by atoms with Crippen molar-refractivity contribution in [2.24, 2.45) is 0 Å². The predicted molar refractivity (Wildman–Crippen MR) is 64.6 cm³/mol. The number of amides is 1. The molecule has 2 atom stereocenters. The van der Waals surface area contributed by atoms with Crippen LogP contribution < -0.4 is 0 Å². The van der Waals surface area contributed by atoms with Crippen molar-refractivity contribution in [3.05, 3.63) is 21.9 Å². The smallest absolute Gasteiger partial charge is 0.343 e. The lowest BCUT2D eigenvalue weighted by Crippen LogP contribution is -2.41. The van der Waals surface area contributed by atoms with Crippen molar-refractivity contribution < 1.29 is 9.72 Å². The number of hydrogen-bond donors (Lipinski definition) is 1. The first-order chi connectivity index (χ1) is 8.54. The van der Waals surface area contributed by atoms with Crippen LogP contribution in [0.15, 0.2) is 6.07 Å². The molecule has 0 spiro atoms. The number of hydrogen-bond acceptors (Lipinski definition) is 4. The van der Waals surface area contributed by atoms with Crippen LogP contribution in [0, 0.1) is 10.1 Å². The van der Waals surface area contributed by atoms with Gasteiger partial charge in [-0.3, -0.25) is 4.79 Å². The number of carbonyl (C=O) groups excluding carboxylic acids is 1. The molecule has 1 aliphatic rings. The molecule has 1 N–H and O–H groups in total. The van der Waals surface area contributed by atoms with E-state index in [1.807, 2.05) is 6.92 Å². The summed E-state index contributed by atoms with van der Waals surface area (Å²) in [6.07, 6.45) is 1.73. The van der Waals surface area contributed by atoms with Gasteiger partial charge < -0.3 is 15.0 Å². The number of likely N-dealkylation sites (tertiary alicyclic amines) is 1. The van der Waals surface area contributed by atoms with Gasteiger partial charge in [-0.05, 0) is 24.7 Å². The maximum Gasteiger partial charge on any atom is 0.343 e. The van der Waals surface area contributed by atoms with Gasteiger partial charge in [0, 0.05) is 18.0 Å². The summed E-state index contributed by atoms with van der Waals surface area (Å²) in [6.45, 7) is 1.94. The van der Waals surface area contributed by atoms with Crippen molar-refractivity contribution in [2.75, 3.05) is 5.88 Å². The highest BCUT2D eigenvalue weighted by Gasteiger charge is 2.35. The summed E-state index contributed by atoms with van der Waals surface area (Å²) >= 11 is 5.82. The fourth-order valence-corrected chi connectivity index (χ4v) is 2.54. The van der Waals surface area contributed by atoms with Crippen molar-refractivity contribution in [3.8, 4) is 0 Å². The summed E-state index contributed by atoms with van der Waals surface area (Å²) in [5.74, 6) is -0.231. The Labute approximate surface area is 108 Å². The fourth-order valence-electron chi connectivity index (χ4n) is 2.24. The van der Waals surface area contributed by atoms with Gasteiger partial charge in [0.1, 0.15) is 0 Å². The Morgan fingerprint density at radius 2 is 2.44 bits per heavy atom. The Morgan fingerprint density at radius 1 is 1.72 bits per heavy atom. The lowest BCUT2D eigenvalue weighted by atomic mass is 10.2. The number of nitrogens with one attached hydrogen (secondary N) is 1. The molecule has 1 amide bonds. The van der Waals surface area contributed by atoms with Gasteiger partial charge in [-0.1, -0.05) is 5.10 Å². The highest BCUT2D eigenvalue weighted by atomic mass is 35.5. The van der Waals surface area contributed by atoms with Crippen LogP contribution in [0.4, 0.5) is 5.82 Å². The Hall–Kier alpha value is -1.63. The normalized spacial score (nSPS) is 23.3. The summed E-state index contributed by atoms with van der Waals surface area (Å²) in [5.41, 5.74) is 0.0607. The second kappa shape index (κ2) is 4.93. The van der Waals surface area contributed by atoms with E-state index in [2.05, 4.69) is 10.2 Å². The van der Waals surface area contributed by atoms with E-state index < -0.39 is 4.92 Å². The first-order valence-electron chi connectivity index (χ1n) is 5.63. The molecule has 7 nitrogen and oxygen atoms in total. The minimum absolute atomic E-state index is 0.0232. The molecule has 0 radical (unpaired) electrons. The number of aromatic amines is 1. The van der Waals surface area contributed by atoms with Crippen LogP contribution in [-0.2, 0) is 0 Å². The second-order valence-electron chi connectivity index (χ2n) is 4.34. The van der Waals surface area contributed by atoms with Crippen LogP contribution in [0.3, 0.4) is 0 Å². The standard InChI is InChI=1S/C10H13ClN4O3/c1-6-2-3-7(5-11)14(6)10(16)8-4-9(13-12-8)15(17)18/h4,6-7H,2-3,5H2,1H3,(H,12,13)/t6-,7-/m0/s1. The molecule has 18 heavy (non-hydrogen) atoms. The van der Waals surface area contributed by atoms with E-state index in [0.29, 0.717) is 5.88 Å². The molecule has 8 heteroatoms. The number of halogens is 1. The molecule has 0 saturated carbocycles. The largest absolute Gasteiger partial charge is 0.358 e. The molecule has 1 saturated heterocycles. The Balaban J connectivity index is 2.21. The summed E-state index contributed by atoms with van der Waals surface area (Å²) in [4.78, 5) is 23.8. The van der Waals surface area contributed by atoms with Gasteiger partial charge in [0.2, 0.25) is 0 Å². The van der Waals surface area contributed by atoms with Crippen molar-refractivity contribution in [1.29, 1.82) is 0 Å². The monoisotopic (exact) mass is 272 g/mol. The van der Waals surface area contributed by atoms with Crippen molar-refractivity contribution >= 4 is 23.3 Å². The number of H-pyrrole nitrogens is 1. The summed E-state index contributed by atoms with van der Waals surface area (Å²) in [6, 6.07) is 1.21. The fraction of sp³-hybridized carbons (Fsp3) is 0.600. The molecule has 0 unspecified atom stereocenters. The quantitative estimate of drug-likeness (QED) is 0.513. The molecular weight excluding hydrogens is 260 g/mol. The molecular formula is C10H13ClN4O3. The topological polar surface area (TPSA) is 92.1 Å². The Morgan fingerprint density at radius 3 is 3.00 bits per heavy atom. The van der Waals surface area contributed by atoms with Gasteiger partial charge in [-0.2, -0.15) is 0 Å². The van der Waals surface area contributed by atoms with Crippen molar-refractivity contribution in [3.63, 3.8) is 0 Å². The average molecular weight is 273 g/mol. The van der Waals surface area contributed by atoms with Crippen LogP contribution in [0.1, 0.15) is 30.3 Å². The highest BCUT2D eigenvalue weighted by Crippen LogP contribution is 2.26. The molecule has 98 valence electrons. The zero-order valence-electron chi connectivity index (χ0n) is 9.80. The SMILES string of the molecule is C[C@H]1CC[C@@H](CCl)N1C(=O)c1cc([N+](=O)[O-])[nH]n1. The highest BCUT2D eigenvalue weighted by molar-refractivity contribution is 6.18. The second-order valence-corrected chi connectivity index (χ2v) is 4.65. The van der Waals surface area contributed by atoms with E-state index in [9.17, 15) is 14.9 Å². The number of aromatic nitrogens is 2. The first-order valence-corrected chi connectivity index (χ1v) is 6.16. The molecule has 2 heterocycles. The maximum atomic E-state index is 12.2. The molecule has 1 aliphatic heterocycles. The number of carbonyl (C=O) groups is 1. The van der Waals surface area contributed by atoms with E-state index in [1.54, 1.807) is 4.90 Å². The number of nitrogens with zero attached hydrogens (tertiary/aromatic N) is 3. The van der Waals surface area contributed by atoms with Crippen LogP contribution >= 0.6 is 11.6 Å². The van der Waals surface area contributed by atoms with Gasteiger partial charge in [0.05, 0.1) is 6.07 Å². The van der Waals surface area contributed by atoms with E-state index in [1.165, 1.54) is 0 Å². The molecule has 2 rings (SSSR count). The minimum atomic E-state index is -0.615. The van der Waals surface area contributed by atoms with E-state index >= 15 is 0 Å². The summed E-state index contributed by atoms with van der Waals surface area (Å²) < 4.78 is 0. The van der Waals surface area contributed by atoms with Crippen molar-refractivity contribution in [2.45, 2.75) is 31.8 Å².